The van der Waals surface area contributed by atoms with Gasteiger partial charge in [-0.1, -0.05) is 0 Å². The predicted octanol–water partition coefficient (Wildman–Crippen LogP) is 0.333. The molecule has 3 heterocycles. The first kappa shape index (κ1) is 22.6. The van der Waals surface area contributed by atoms with Gasteiger partial charge in [-0.25, -0.2) is 22.1 Å². The Morgan fingerprint density at radius 3 is 2.40 bits per heavy atom. The second kappa shape index (κ2) is 8.94. The zero-order chi connectivity index (χ0) is 22.1. The molecule has 0 unspecified atom stereocenters. The molecule has 1 aromatic heterocycles. The number of carbonyl (C=O) groups excluding carboxylic acids is 2. The number of amides is 2. The van der Waals surface area contributed by atoms with Gasteiger partial charge < -0.3 is 14.5 Å². The van der Waals surface area contributed by atoms with Crippen molar-refractivity contribution in [2.75, 3.05) is 40.0 Å². The lowest BCUT2D eigenvalue weighted by atomic mass is 10.1. The Kier molecular flexibility index (Phi) is 6.73. The van der Waals surface area contributed by atoms with E-state index in [4.69, 9.17) is 4.74 Å². The van der Waals surface area contributed by atoms with Gasteiger partial charge >= 0.3 is 0 Å². The van der Waals surface area contributed by atoms with E-state index in [9.17, 15) is 22.4 Å². The lowest BCUT2D eigenvalue weighted by Crippen LogP contribution is -2.45. The second-order valence-corrected chi connectivity index (χ2v) is 9.91. The Balaban J connectivity index is 1.68. The summed E-state index contributed by atoms with van der Waals surface area (Å²) in [6, 6.07) is 1.76. The van der Waals surface area contributed by atoms with E-state index in [2.05, 4.69) is 4.98 Å². The minimum atomic E-state index is -3.22. The van der Waals surface area contributed by atoms with Gasteiger partial charge in [-0.15, -0.1) is 0 Å². The number of hydrogen-bond donors (Lipinski definition) is 0. The molecule has 2 amide bonds. The molecule has 3 rings (SSSR count). The maximum atomic E-state index is 13.2. The monoisotopic (exact) mass is 442 g/mol. The van der Waals surface area contributed by atoms with Gasteiger partial charge in [-0.2, -0.15) is 0 Å². The van der Waals surface area contributed by atoms with Crippen LogP contribution in [0.15, 0.2) is 18.3 Å². The fourth-order valence-corrected chi connectivity index (χ4v) is 4.75. The summed E-state index contributed by atoms with van der Waals surface area (Å²) in [6.07, 6.45) is 3.13. The van der Waals surface area contributed by atoms with Gasteiger partial charge in [-0.05, 0) is 25.0 Å². The zero-order valence-electron chi connectivity index (χ0n) is 17.3. The van der Waals surface area contributed by atoms with Crippen molar-refractivity contribution in [2.45, 2.75) is 37.5 Å². The highest BCUT2D eigenvalue weighted by Crippen LogP contribution is 2.27. The van der Waals surface area contributed by atoms with Crippen molar-refractivity contribution >= 4 is 21.8 Å². The van der Waals surface area contributed by atoms with Crippen molar-refractivity contribution < 1.29 is 27.1 Å². The minimum absolute atomic E-state index is 0.0649. The average molecular weight is 443 g/mol. The Hall–Kier alpha value is -2.11. The summed E-state index contributed by atoms with van der Waals surface area (Å²) >= 11 is 0. The SMILES string of the molecule is CN(C)C(=O)[C@@H]1C[C@H](OC2CCN(S(C)(=O)=O)CC2)CN1C(=O)c1ccc(F)cn1. The standard InChI is InChI=1S/C19H27FN4O5S/c1-22(2)19(26)17-10-15(29-14-6-8-23(9-7-14)30(3,27)28)12-24(17)18(25)16-5-4-13(20)11-21-16/h4-5,11,14-15,17H,6-10,12H2,1-3H3/t15-,17-/m0/s1. The van der Waals surface area contributed by atoms with E-state index >= 15 is 0 Å². The summed E-state index contributed by atoms with van der Waals surface area (Å²) in [5, 5.41) is 0. The van der Waals surface area contributed by atoms with E-state index in [1.165, 1.54) is 26.4 Å². The number of likely N-dealkylation sites (tertiary alicyclic amines) is 1. The molecule has 9 nitrogen and oxygen atoms in total. The van der Waals surface area contributed by atoms with Gasteiger partial charge in [-0.3, -0.25) is 9.59 Å². The van der Waals surface area contributed by atoms with Gasteiger partial charge in [0.25, 0.3) is 5.91 Å². The summed E-state index contributed by atoms with van der Waals surface area (Å²) in [5.74, 6) is -1.22. The van der Waals surface area contributed by atoms with Crippen molar-refractivity contribution in [1.29, 1.82) is 0 Å². The van der Waals surface area contributed by atoms with Crippen molar-refractivity contribution in [1.82, 2.24) is 19.1 Å². The molecule has 0 N–H and O–H groups in total. The van der Waals surface area contributed by atoms with E-state index in [-0.39, 0.29) is 30.4 Å². The fraction of sp³-hybridized carbons (Fsp3) is 0.632. The number of rotatable bonds is 5. The van der Waals surface area contributed by atoms with E-state index in [0.717, 1.165) is 12.3 Å². The molecule has 2 aliphatic heterocycles. The van der Waals surface area contributed by atoms with Gasteiger partial charge in [0, 0.05) is 40.2 Å². The molecule has 2 saturated heterocycles. The van der Waals surface area contributed by atoms with Gasteiger partial charge in [0.2, 0.25) is 15.9 Å². The van der Waals surface area contributed by atoms with E-state index < -0.39 is 27.8 Å². The Morgan fingerprint density at radius 2 is 1.87 bits per heavy atom. The summed E-state index contributed by atoms with van der Waals surface area (Å²) in [7, 11) is 0.0238. The second-order valence-electron chi connectivity index (χ2n) is 7.92. The Labute approximate surface area is 175 Å². The molecule has 30 heavy (non-hydrogen) atoms. The summed E-state index contributed by atoms with van der Waals surface area (Å²) in [6.45, 7) is 0.991. The number of halogens is 1. The van der Waals surface area contributed by atoms with Crippen molar-refractivity contribution in [3.8, 4) is 0 Å². The van der Waals surface area contributed by atoms with Crippen LogP contribution in [0.5, 0.6) is 0 Å². The molecule has 0 radical (unpaired) electrons. The first-order valence-electron chi connectivity index (χ1n) is 9.80. The number of piperidine rings is 1. The number of sulfonamides is 1. The van der Waals surface area contributed by atoms with Crippen LogP contribution >= 0.6 is 0 Å². The van der Waals surface area contributed by atoms with Crippen LogP contribution in [0.1, 0.15) is 29.8 Å². The molecule has 2 aliphatic rings. The third-order valence-electron chi connectivity index (χ3n) is 5.45. The molecule has 166 valence electrons. The molecule has 1 aromatic rings. The number of pyridine rings is 1. The summed E-state index contributed by atoms with van der Waals surface area (Å²) in [5.41, 5.74) is 0.0649. The lowest BCUT2D eigenvalue weighted by Gasteiger charge is -2.31. The third kappa shape index (κ3) is 5.13. The minimum Gasteiger partial charge on any atom is -0.373 e. The molecule has 0 spiro atoms. The molecule has 0 aromatic carbocycles. The summed E-state index contributed by atoms with van der Waals surface area (Å²) in [4.78, 5) is 32.3. The van der Waals surface area contributed by atoms with Crippen LogP contribution in [0.3, 0.4) is 0 Å². The maximum absolute atomic E-state index is 13.2. The van der Waals surface area contributed by atoms with Crippen LogP contribution < -0.4 is 0 Å². The quantitative estimate of drug-likeness (QED) is 0.652. The number of aromatic nitrogens is 1. The molecular weight excluding hydrogens is 415 g/mol. The highest BCUT2D eigenvalue weighted by atomic mass is 32.2. The number of ether oxygens (including phenoxy) is 1. The predicted molar refractivity (Wildman–Crippen MR) is 107 cm³/mol. The lowest BCUT2D eigenvalue weighted by molar-refractivity contribution is -0.132. The van der Waals surface area contributed by atoms with E-state index in [1.54, 1.807) is 14.1 Å². The molecule has 0 saturated carbocycles. The summed E-state index contributed by atoms with van der Waals surface area (Å²) < 4.78 is 44.0. The largest absolute Gasteiger partial charge is 0.373 e. The van der Waals surface area contributed by atoms with Crippen LogP contribution in [-0.2, 0) is 19.6 Å². The molecule has 0 aliphatic carbocycles. The number of hydrogen-bond acceptors (Lipinski definition) is 6. The fourth-order valence-electron chi connectivity index (χ4n) is 3.87. The van der Waals surface area contributed by atoms with Crippen LogP contribution in [0.4, 0.5) is 4.39 Å². The Morgan fingerprint density at radius 1 is 1.20 bits per heavy atom. The molecular formula is C19H27FN4O5S. The van der Waals surface area contributed by atoms with Crippen molar-refractivity contribution in [3.63, 3.8) is 0 Å². The average Bonchev–Trinajstić information content (AvgIpc) is 3.10. The van der Waals surface area contributed by atoms with Crippen molar-refractivity contribution in [2.24, 2.45) is 0 Å². The molecule has 2 fully saturated rings. The normalized spacial score (nSPS) is 23.5. The highest BCUT2D eigenvalue weighted by Gasteiger charge is 2.42. The first-order chi connectivity index (χ1) is 14.1. The number of likely N-dealkylation sites (N-methyl/N-ethyl adjacent to an activating group) is 1. The zero-order valence-corrected chi connectivity index (χ0v) is 18.1. The molecule has 11 heteroatoms. The molecule has 0 bridgehead atoms. The van der Waals surface area contributed by atoms with E-state index in [1.807, 2.05) is 0 Å². The third-order valence-corrected chi connectivity index (χ3v) is 6.75. The smallest absolute Gasteiger partial charge is 0.273 e. The maximum Gasteiger partial charge on any atom is 0.273 e. The van der Waals surface area contributed by atoms with Gasteiger partial charge in [0.05, 0.1) is 24.7 Å². The van der Waals surface area contributed by atoms with Gasteiger partial charge in [0.1, 0.15) is 17.6 Å². The highest BCUT2D eigenvalue weighted by molar-refractivity contribution is 7.88. The van der Waals surface area contributed by atoms with Crippen molar-refractivity contribution in [3.05, 3.63) is 29.8 Å². The van der Waals surface area contributed by atoms with Crippen LogP contribution in [0.25, 0.3) is 0 Å². The van der Waals surface area contributed by atoms with E-state index in [0.29, 0.717) is 32.4 Å². The number of nitrogens with zero attached hydrogens (tertiary/aromatic N) is 4. The number of carbonyl (C=O) groups is 2. The first-order valence-corrected chi connectivity index (χ1v) is 11.7. The Bertz CT molecular complexity index is 885. The molecule has 2 atom stereocenters. The van der Waals surface area contributed by atoms with Gasteiger partial charge in [0.15, 0.2) is 0 Å². The van der Waals surface area contributed by atoms with Crippen LogP contribution in [0.2, 0.25) is 0 Å². The topological polar surface area (TPSA) is 100 Å². The van der Waals surface area contributed by atoms with Crippen LogP contribution in [0, 0.1) is 5.82 Å². The van der Waals surface area contributed by atoms with Crippen LogP contribution in [-0.4, -0.2) is 97.6 Å².